The van der Waals surface area contributed by atoms with Crippen LogP contribution < -0.4 is 11.2 Å². The molecule has 1 aliphatic rings. The summed E-state index contributed by atoms with van der Waals surface area (Å²) in [6.45, 7) is 1.70. The first-order valence-electron chi connectivity index (χ1n) is 4.88. The van der Waals surface area contributed by atoms with E-state index in [0.717, 1.165) is 0 Å². The first-order valence-corrected chi connectivity index (χ1v) is 5.83. The summed E-state index contributed by atoms with van der Waals surface area (Å²) in [5.74, 6) is 0. The van der Waals surface area contributed by atoms with Gasteiger partial charge in [-0.2, -0.15) is 0 Å². The van der Waals surface area contributed by atoms with Crippen molar-refractivity contribution in [3.8, 4) is 0 Å². The van der Waals surface area contributed by atoms with E-state index in [9.17, 15) is 9.59 Å². The summed E-state index contributed by atoms with van der Waals surface area (Å²) in [6.07, 6.45) is 5.26. The number of aryl methyl sites for hydroxylation is 1. The van der Waals surface area contributed by atoms with E-state index in [1.165, 1.54) is 16.3 Å². The van der Waals surface area contributed by atoms with Gasteiger partial charge in [0.2, 0.25) is 0 Å². The van der Waals surface area contributed by atoms with Crippen molar-refractivity contribution in [1.82, 2.24) is 9.55 Å². The molecule has 5 nitrogen and oxygen atoms in total. The number of hydrogen-bond acceptors (Lipinski definition) is 4. The number of rotatable bonds is 2. The summed E-state index contributed by atoms with van der Waals surface area (Å²) < 4.78 is 1.47. The first-order chi connectivity index (χ1) is 7.61. The van der Waals surface area contributed by atoms with Crippen LogP contribution in [0.2, 0.25) is 0 Å². The molecule has 1 aromatic heterocycles. The van der Waals surface area contributed by atoms with Crippen molar-refractivity contribution in [1.29, 1.82) is 0 Å². The number of aliphatic hydroxyl groups excluding tert-OH is 1. The highest BCUT2D eigenvalue weighted by molar-refractivity contribution is 8.00. The molecule has 0 aliphatic carbocycles. The highest BCUT2D eigenvalue weighted by atomic mass is 32.2. The van der Waals surface area contributed by atoms with E-state index in [1.807, 2.05) is 12.2 Å². The second-order valence-corrected chi connectivity index (χ2v) is 4.97. The second-order valence-electron chi connectivity index (χ2n) is 3.61. The lowest BCUT2D eigenvalue weighted by atomic mass is 10.3. The molecule has 0 unspecified atom stereocenters. The van der Waals surface area contributed by atoms with Crippen molar-refractivity contribution in [3.05, 3.63) is 44.8 Å². The Balaban J connectivity index is 2.36. The maximum absolute atomic E-state index is 11.6. The normalized spacial score (nSPS) is 23.9. The van der Waals surface area contributed by atoms with Crippen LogP contribution in [-0.2, 0) is 0 Å². The van der Waals surface area contributed by atoms with Gasteiger partial charge in [-0.1, -0.05) is 12.2 Å². The van der Waals surface area contributed by atoms with Crippen LogP contribution in [0.3, 0.4) is 0 Å². The van der Waals surface area contributed by atoms with Crippen LogP contribution in [-0.4, -0.2) is 26.5 Å². The number of aromatic nitrogens is 2. The Morgan fingerprint density at radius 1 is 1.50 bits per heavy atom. The minimum absolute atomic E-state index is 0.0177. The molecule has 0 fully saturated rings. The van der Waals surface area contributed by atoms with Crippen molar-refractivity contribution in [2.24, 2.45) is 0 Å². The van der Waals surface area contributed by atoms with Gasteiger partial charge in [-0.3, -0.25) is 14.3 Å². The van der Waals surface area contributed by atoms with Gasteiger partial charge in [-0.15, -0.1) is 11.8 Å². The fraction of sp³-hybridized carbons (Fsp3) is 0.400. The van der Waals surface area contributed by atoms with Gasteiger partial charge in [-0.25, -0.2) is 4.79 Å². The minimum Gasteiger partial charge on any atom is -0.395 e. The summed E-state index contributed by atoms with van der Waals surface area (Å²) in [7, 11) is 0. The summed E-state index contributed by atoms with van der Waals surface area (Å²) in [4.78, 5) is 25.0. The lowest BCUT2D eigenvalue weighted by Crippen LogP contribution is -2.31. The van der Waals surface area contributed by atoms with Gasteiger partial charge in [0.15, 0.2) is 0 Å². The van der Waals surface area contributed by atoms with Gasteiger partial charge in [0.25, 0.3) is 5.56 Å². The number of nitrogens with zero attached hydrogens (tertiary/aromatic N) is 1. The van der Waals surface area contributed by atoms with Gasteiger partial charge in [0, 0.05) is 17.0 Å². The lowest BCUT2D eigenvalue weighted by Gasteiger charge is -2.13. The Kier molecular flexibility index (Phi) is 3.02. The molecule has 0 radical (unpaired) electrons. The molecule has 0 saturated heterocycles. The number of thioether (sulfide) groups is 1. The maximum atomic E-state index is 11.6. The Hall–Kier alpha value is -1.27. The van der Waals surface area contributed by atoms with E-state index in [-0.39, 0.29) is 22.8 Å². The minimum atomic E-state index is -0.420. The highest BCUT2D eigenvalue weighted by Crippen LogP contribution is 2.34. The Labute approximate surface area is 95.8 Å². The molecular formula is C10H12N2O3S. The van der Waals surface area contributed by atoms with Crippen LogP contribution in [0.15, 0.2) is 27.9 Å². The molecule has 1 aromatic rings. The number of nitrogens with one attached hydrogen (secondary N) is 1. The quantitative estimate of drug-likeness (QED) is 0.714. The molecule has 0 saturated carbocycles. The molecule has 2 N–H and O–H groups in total. The number of hydrogen-bond donors (Lipinski definition) is 2. The van der Waals surface area contributed by atoms with Crippen molar-refractivity contribution < 1.29 is 5.11 Å². The first kappa shape index (κ1) is 11.2. The predicted molar refractivity (Wildman–Crippen MR) is 62.7 cm³/mol. The van der Waals surface area contributed by atoms with Gasteiger partial charge in [0.1, 0.15) is 5.37 Å². The summed E-state index contributed by atoms with van der Waals surface area (Å²) >= 11 is 1.47. The van der Waals surface area contributed by atoms with E-state index in [0.29, 0.717) is 5.56 Å². The van der Waals surface area contributed by atoms with Crippen LogP contribution >= 0.6 is 11.8 Å². The highest BCUT2D eigenvalue weighted by Gasteiger charge is 2.21. The molecule has 0 amide bonds. The molecular weight excluding hydrogens is 228 g/mol. The van der Waals surface area contributed by atoms with Crippen LogP contribution in [0.1, 0.15) is 10.9 Å². The van der Waals surface area contributed by atoms with Crippen LogP contribution in [0.5, 0.6) is 0 Å². The smallest absolute Gasteiger partial charge is 0.329 e. The van der Waals surface area contributed by atoms with Crippen LogP contribution in [0.4, 0.5) is 0 Å². The van der Waals surface area contributed by atoms with E-state index >= 15 is 0 Å². The van der Waals surface area contributed by atoms with Crippen LogP contribution in [0.25, 0.3) is 0 Å². The van der Waals surface area contributed by atoms with Gasteiger partial charge in [-0.05, 0) is 6.92 Å². The lowest BCUT2D eigenvalue weighted by molar-refractivity contribution is 0.307. The number of aliphatic hydroxyl groups is 1. The molecule has 2 heterocycles. The average Bonchev–Trinajstić information content (AvgIpc) is 2.71. The third-order valence-corrected chi connectivity index (χ3v) is 3.72. The van der Waals surface area contributed by atoms with Gasteiger partial charge in [0.05, 0.1) is 6.61 Å². The zero-order valence-corrected chi connectivity index (χ0v) is 9.53. The number of aromatic amines is 1. The molecule has 6 heteroatoms. The third-order valence-electron chi connectivity index (χ3n) is 2.40. The Morgan fingerprint density at radius 3 is 2.88 bits per heavy atom. The van der Waals surface area contributed by atoms with Crippen molar-refractivity contribution in [2.45, 2.75) is 17.5 Å². The molecule has 1 aliphatic heterocycles. The molecule has 2 rings (SSSR count). The average molecular weight is 240 g/mol. The molecule has 0 spiro atoms. The van der Waals surface area contributed by atoms with Crippen molar-refractivity contribution in [2.75, 3.05) is 6.61 Å². The zero-order chi connectivity index (χ0) is 11.7. The predicted octanol–water partition coefficient (Wildman–Crippen LogP) is 0.00752. The second kappa shape index (κ2) is 4.31. The number of H-pyrrole nitrogens is 1. The molecule has 2 atom stereocenters. The zero-order valence-electron chi connectivity index (χ0n) is 8.71. The summed E-state index contributed by atoms with van der Waals surface area (Å²) in [6, 6.07) is 0. The van der Waals surface area contributed by atoms with Gasteiger partial charge >= 0.3 is 5.69 Å². The van der Waals surface area contributed by atoms with Crippen molar-refractivity contribution >= 4 is 11.8 Å². The molecule has 16 heavy (non-hydrogen) atoms. The van der Waals surface area contributed by atoms with E-state index < -0.39 is 5.69 Å². The van der Waals surface area contributed by atoms with Crippen molar-refractivity contribution in [3.63, 3.8) is 0 Å². The molecule has 0 bridgehead atoms. The molecule has 0 aromatic carbocycles. The fourth-order valence-corrected chi connectivity index (χ4v) is 2.62. The van der Waals surface area contributed by atoms with Crippen LogP contribution in [0, 0.1) is 6.92 Å². The largest absolute Gasteiger partial charge is 0.395 e. The topological polar surface area (TPSA) is 75.1 Å². The summed E-state index contributed by atoms with van der Waals surface area (Å²) in [5.41, 5.74) is -0.274. The third kappa shape index (κ3) is 1.98. The standard InChI is InChI=1S/C10H12N2O3S/c1-6-4-12(10(15)11-9(6)14)8-3-2-7(5-13)16-8/h2-4,7-8,13H,5H2,1H3,(H,11,14,15)/t7-,8+/m1/s1. The van der Waals surface area contributed by atoms with E-state index in [1.54, 1.807) is 13.1 Å². The van der Waals surface area contributed by atoms with E-state index in [2.05, 4.69) is 4.98 Å². The fourth-order valence-electron chi connectivity index (χ4n) is 1.53. The SMILES string of the molecule is Cc1cn([C@@H]2C=C[C@H](CO)S2)c(=O)[nH]c1=O. The van der Waals surface area contributed by atoms with Gasteiger partial charge < -0.3 is 5.11 Å². The maximum Gasteiger partial charge on any atom is 0.329 e. The monoisotopic (exact) mass is 240 g/mol. The Bertz CT molecular complexity index is 532. The van der Waals surface area contributed by atoms with E-state index in [4.69, 9.17) is 5.11 Å². The molecule has 86 valence electrons. The Morgan fingerprint density at radius 2 is 2.25 bits per heavy atom. The summed E-state index contributed by atoms with van der Waals surface area (Å²) in [5, 5.41) is 8.85.